The van der Waals surface area contributed by atoms with E-state index in [1.165, 1.54) is 24.3 Å². The number of nitrogens with two attached hydrogens (primary N) is 2. The van der Waals surface area contributed by atoms with Crippen LogP contribution in [-0.4, -0.2) is 8.42 Å². The van der Waals surface area contributed by atoms with Crippen LogP contribution in [0.5, 0.6) is 0 Å². The van der Waals surface area contributed by atoms with Crippen molar-refractivity contribution in [2.75, 3.05) is 11.1 Å². The van der Waals surface area contributed by atoms with Gasteiger partial charge in [0.15, 0.2) is 0 Å². The van der Waals surface area contributed by atoms with E-state index < -0.39 is 21.7 Å². The zero-order valence-electron chi connectivity index (χ0n) is 10.8. The van der Waals surface area contributed by atoms with Crippen molar-refractivity contribution in [3.63, 3.8) is 0 Å². The fourth-order valence-electron chi connectivity index (χ4n) is 1.78. The Morgan fingerprint density at radius 3 is 2.38 bits per heavy atom. The molecule has 0 aliphatic carbocycles. The molecule has 2 aromatic carbocycles. The predicted molar refractivity (Wildman–Crippen MR) is 75.9 cm³/mol. The number of halogens is 2. The Balaban J connectivity index is 2.16. The fraction of sp³-hybridized carbons (Fsp3) is 0.0769. The number of primary sulfonamides is 1. The second-order valence-corrected chi connectivity index (χ2v) is 5.92. The second kappa shape index (κ2) is 5.66. The summed E-state index contributed by atoms with van der Waals surface area (Å²) in [4.78, 5) is -0.180. The van der Waals surface area contributed by atoms with Gasteiger partial charge in [0.1, 0.15) is 16.5 Å². The molecule has 2 aromatic rings. The smallest absolute Gasteiger partial charge is 0.240 e. The summed E-state index contributed by atoms with van der Waals surface area (Å²) >= 11 is 0. The third-order valence-corrected chi connectivity index (χ3v) is 3.80. The van der Waals surface area contributed by atoms with Crippen LogP contribution in [0.15, 0.2) is 41.3 Å². The van der Waals surface area contributed by atoms with Crippen LogP contribution < -0.4 is 16.2 Å². The van der Waals surface area contributed by atoms with E-state index in [0.29, 0.717) is 5.69 Å². The first-order chi connectivity index (χ1) is 9.77. The van der Waals surface area contributed by atoms with Crippen molar-refractivity contribution in [1.29, 1.82) is 0 Å². The van der Waals surface area contributed by atoms with E-state index in [1.54, 1.807) is 0 Å². The molecule has 5 N–H and O–H groups in total. The molecule has 0 heterocycles. The summed E-state index contributed by atoms with van der Waals surface area (Å²) in [5.74, 6) is -1.32. The van der Waals surface area contributed by atoms with Crippen molar-refractivity contribution in [1.82, 2.24) is 0 Å². The average Bonchev–Trinajstić information content (AvgIpc) is 2.36. The van der Waals surface area contributed by atoms with Gasteiger partial charge in [-0.05, 0) is 24.3 Å². The molecule has 0 radical (unpaired) electrons. The molecule has 21 heavy (non-hydrogen) atoms. The topological polar surface area (TPSA) is 98.2 Å². The zero-order chi connectivity index (χ0) is 15.6. The minimum Gasteiger partial charge on any atom is -0.398 e. The van der Waals surface area contributed by atoms with Gasteiger partial charge in [-0.2, -0.15) is 0 Å². The Bertz CT molecular complexity index is 779. The number of anilines is 2. The third kappa shape index (κ3) is 3.67. The van der Waals surface area contributed by atoms with E-state index >= 15 is 0 Å². The van der Waals surface area contributed by atoms with Crippen LogP contribution in [0.1, 0.15) is 5.56 Å². The summed E-state index contributed by atoms with van der Waals surface area (Å²) in [6, 6.07) is 7.35. The Hall–Kier alpha value is -2.19. The Labute approximate surface area is 120 Å². The molecule has 0 fully saturated rings. The van der Waals surface area contributed by atoms with Gasteiger partial charge < -0.3 is 11.1 Å². The van der Waals surface area contributed by atoms with Gasteiger partial charge in [-0.3, -0.25) is 0 Å². The van der Waals surface area contributed by atoms with Crippen molar-refractivity contribution >= 4 is 21.4 Å². The molecule has 0 spiro atoms. The van der Waals surface area contributed by atoms with E-state index in [9.17, 15) is 17.2 Å². The number of benzene rings is 2. The summed E-state index contributed by atoms with van der Waals surface area (Å²) in [6.45, 7) is 0.0975. The van der Waals surface area contributed by atoms with Gasteiger partial charge in [0, 0.05) is 23.9 Å². The van der Waals surface area contributed by atoms with Crippen LogP contribution in [0, 0.1) is 11.6 Å². The van der Waals surface area contributed by atoms with Crippen molar-refractivity contribution < 1.29 is 17.2 Å². The van der Waals surface area contributed by atoms with Crippen LogP contribution in [0.3, 0.4) is 0 Å². The molecule has 8 heteroatoms. The van der Waals surface area contributed by atoms with Crippen LogP contribution >= 0.6 is 0 Å². The van der Waals surface area contributed by atoms with Crippen LogP contribution in [-0.2, 0) is 16.6 Å². The van der Waals surface area contributed by atoms with E-state index in [2.05, 4.69) is 5.32 Å². The average molecular weight is 313 g/mol. The largest absolute Gasteiger partial charge is 0.398 e. The van der Waals surface area contributed by atoms with Gasteiger partial charge >= 0.3 is 0 Å². The highest BCUT2D eigenvalue weighted by Crippen LogP contribution is 2.22. The standard InChI is InChI=1S/C13H13F2N3O2S/c14-9-2-1-8(11(15)5-9)7-18-10-3-4-13(12(16)6-10)21(17,19)20/h1-6,18H,7,16H2,(H2,17,19,20). The highest BCUT2D eigenvalue weighted by Gasteiger charge is 2.12. The van der Waals surface area contributed by atoms with Gasteiger partial charge in [0.2, 0.25) is 10.0 Å². The Morgan fingerprint density at radius 2 is 1.81 bits per heavy atom. The zero-order valence-corrected chi connectivity index (χ0v) is 11.6. The van der Waals surface area contributed by atoms with Crippen molar-refractivity contribution in [2.45, 2.75) is 11.4 Å². The molecule has 2 rings (SSSR count). The summed E-state index contributed by atoms with van der Waals surface area (Å²) in [7, 11) is -3.88. The molecule has 5 nitrogen and oxygen atoms in total. The minimum absolute atomic E-state index is 0.0120. The molecular formula is C13H13F2N3O2S. The van der Waals surface area contributed by atoms with Gasteiger partial charge in [-0.1, -0.05) is 6.07 Å². The molecule has 0 saturated carbocycles. The van der Waals surface area contributed by atoms with E-state index in [4.69, 9.17) is 10.9 Å². The number of sulfonamides is 1. The highest BCUT2D eigenvalue weighted by atomic mass is 32.2. The molecule has 0 amide bonds. The maximum atomic E-state index is 13.5. The summed E-state index contributed by atoms with van der Waals surface area (Å²) in [5.41, 5.74) is 6.35. The highest BCUT2D eigenvalue weighted by molar-refractivity contribution is 7.89. The molecule has 0 bridgehead atoms. The quantitative estimate of drug-likeness (QED) is 0.750. The van der Waals surface area contributed by atoms with Crippen LogP contribution in [0.4, 0.5) is 20.2 Å². The van der Waals surface area contributed by atoms with Crippen molar-refractivity contribution in [3.8, 4) is 0 Å². The lowest BCUT2D eigenvalue weighted by Gasteiger charge is -2.10. The molecule has 0 saturated heterocycles. The maximum absolute atomic E-state index is 13.5. The van der Waals surface area contributed by atoms with Gasteiger partial charge in [0.05, 0.1) is 5.69 Å². The normalized spacial score (nSPS) is 11.4. The van der Waals surface area contributed by atoms with Crippen molar-refractivity contribution in [3.05, 3.63) is 53.6 Å². The first-order valence-corrected chi connectivity index (χ1v) is 7.42. The number of nitrogens with one attached hydrogen (secondary N) is 1. The number of hydrogen-bond donors (Lipinski definition) is 3. The molecule has 0 aromatic heterocycles. The Morgan fingerprint density at radius 1 is 1.10 bits per heavy atom. The number of hydrogen-bond acceptors (Lipinski definition) is 4. The van der Waals surface area contributed by atoms with Gasteiger partial charge in [-0.25, -0.2) is 22.3 Å². The summed E-state index contributed by atoms with van der Waals surface area (Å²) in [6.07, 6.45) is 0. The van der Waals surface area contributed by atoms with Crippen LogP contribution in [0.25, 0.3) is 0 Å². The van der Waals surface area contributed by atoms with Gasteiger partial charge in [0.25, 0.3) is 0 Å². The van der Waals surface area contributed by atoms with Crippen molar-refractivity contribution in [2.24, 2.45) is 5.14 Å². The molecule has 0 aliphatic heterocycles. The van der Waals surface area contributed by atoms with E-state index in [0.717, 1.165) is 12.1 Å². The first-order valence-electron chi connectivity index (χ1n) is 5.87. The SMILES string of the molecule is Nc1cc(NCc2ccc(F)cc2F)ccc1S(N)(=O)=O. The molecule has 0 atom stereocenters. The predicted octanol–water partition coefficient (Wildman–Crippen LogP) is 1.81. The number of nitrogen functional groups attached to an aromatic ring is 1. The number of rotatable bonds is 4. The molecule has 112 valence electrons. The Kier molecular flexibility index (Phi) is 4.10. The molecule has 0 unspecified atom stereocenters. The third-order valence-electron chi connectivity index (χ3n) is 2.81. The lowest BCUT2D eigenvalue weighted by Crippen LogP contribution is -2.14. The minimum atomic E-state index is -3.88. The second-order valence-electron chi connectivity index (χ2n) is 4.39. The summed E-state index contributed by atoms with van der Waals surface area (Å²) < 4.78 is 48.7. The first kappa shape index (κ1) is 15.2. The van der Waals surface area contributed by atoms with E-state index in [-0.39, 0.29) is 22.7 Å². The van der Waals surface area contributed by atoms with Gasteiger partial charge in [-0.15, -0.1) is 0 Å². The summed E-state index contributed by atoms with van der Waals surface area (Å²) in [5, 5.41) is 7.86. The maximum Gasteiger partial charge on any atom is 0.240 e. The lowest BCUT2D eigenvalue weighted by molar-refractivity contribution is 0.574. The molecular weight excluding hydrogens is 300 g/mol. The lowest BCUT2D eigenvalue weighted by atomic mass is 10.2. The molecule has 0 aliphatic rings. The van der Waals surface area contributed by atoms with Crippen LogP contribution in [0.2, 0.25) is 0 Å². The monoisotopic (exact) mass is 313 g/mol. The van der Waals surface area contributed by atoms with E-state index in [1.807, 2.05) is 0 Å². The fourth-order valence-corrected chi connectivity index (χ4v) is 2.43.